The monoisotopic (exact) mass is 716 g/mol. The first-order valence-electron chi connectivity index (χ1n) is 18.7. The van der Waals surface area contributed by atoms with Crippen LogP contribution in [-0.2, 0) is 0 Å². The summed E-state index contributed by atoms with van der Waals surface area (Å²) in [5, 5.41) is 4.53. The second-order valence-electron chi connectivity index (χ2n) is 14.0. The molecule has 0 fully saturated rings. The Hall–Kier alpha value is -7.70. The summed E-state index contributed by atoms with van der Waals surface area (Å²) < 4.78 is 4.72. The van der Waals surface area contributed by atoms with Gasteiger partial charge in [0.25, 0.3) is 0 Å². The molecule has 0 N–H and O–H groups in total. The molecule has 0 bridgehead atoms. The third kappa shape index (κ3) is 5.11. The molecule has 0 spiro atoms. The molecule has 0 aliphatic rings. The third-order valence-electron chi connectivity index (χ3n) is 10.9. The molecule has 6 heteroatoms. The fraction of sp³-hybridized carbons (Fsp3) is 0. The molecule has 6 aromatic heterocycles. The highest BCUT2D eigenvalue weighted by Gasteiger charge is 2.18. The minimum Gasteiger partial charge on any atom is -0.309 e. The van der Waals surface area contributed by atoms with E-state index in [0.717, 1.165) is 77.2 Å². The summed E-state index contributed by atoms with van der Waals surface area (Å²) in [5.74, 6) is 0. The minimum atomic E-state index is 1.07. The van der Waals surface area contributed by atoms with E-state index in [2.05, 4.69) is 175 Å². The van der Waals surface area contributed by atoms with Crippen molar-refractivity contribution in [2.45, 2.75) is 0 Å². The number of pyridine rings is 4. The maximum Gasteiger partial charge on any atom is 0.0571 e. The van der Waals surface area contributed by atoms with Crippen molar-refractivity contribution in [2.75, 3.05) is 0 Å². The van der Waals surface area contributed by atoms with Gasteiger partial charge in [-0.15, -0.1) is 0 Å². The van der Waals surface area contributed by atoms with Crippen LogP contribution in [-0.4, -0.2) is 29.1 Å². The maximum absolute atomic E-state index is 4.58. The van der Waals surface area contributed by atoms with Crippen LogP contribution < -0.4 is 0 Å². The highest BCUT2D eigenvalue weighted by Crippen LogP contribution is 2.40. The quantitative estimate of drug-likeness (QED) is 0.172. The largest absolute Gasteiger partial charge is 0.309 e. The molecule has 6 heterocycles. The van der Waals surface area contributed by atoms with Crippen molar-refractivity contribution in [2.24, 2.45) is 0 Å². The van der Waals surface area contributed by atoms with Gasteiger partial charge >= 0.3 is 0 Å². The zero-order chi connectivity index (χ0) is 37.0. The molecular weight excluding hydrogens is 685 g/mol. The zero-order valence-electron chi connectivity index (χ0n) is 30.2. The van der Waals surface area contributed by atoms with Gasteiger partial charge < -0.3 is 9.13 Å². The van der Waals surface area contributed by atoms with Gasteiger partial charge in [-0.3, -0.25) is 19.9 Å². The van der Waals surface area contributed by atoms with Gasteiger partial charge in [-0.25, -0.2) is 0 Å². The topological polar surface area (TPSA) is 61.4 Å². The first kappa shape index (κ1) is 31.8. The Morgan fingerprint density at radius 2 is 0.679 bits per heavy atom. The van der Waals surface area contributed by atoms with E-state index in [9.17, 15) is 0 Å². The number of benzene rings is 5. The lowest BCUT2D eigenvalue weighted by Crippen LogP contribution is -1.98. The Morgan fingerprint density at radius 1 is 0.286 bits per heavy atom. The summed E-state index contributed by atoms with van der Waals surface area (Å²) in [6.07, 6.45) is 15.1. The number of nitrogens with zero attached hydrogens (tertiary/aromatic N) is 6. The van der Waals surface area contributed by atoms with Gasteiger partial charge in [0.2, 0.25) is 0 Å². The van der Waals surface area contributed by atoms with E-state index in [0.29, 0.717) is 0 Å². The molecule has 262 valence electrons. The highest BCUT2D eigenvalue weighted by atomic mass is 15.0. The summed E-state index contributed by atoms with van der Waals surface area (Å²) in [5.41, 5.74) is 15.9. The summed E-state index contributed by atoms with van der Waals surface area (Å²) in [7, 11) is 0. The molecule has 11 rings (SSSR count). The smallest absolute Gasteiger partial charge is 0.0571 e. The Bertz CT molecular complexity index is 3040. The first-order chi connectivity index (χ1) is 27.8. The van der Waals surface area contributed by atoms with Gasteiger partial charge in [0.15, 0.2) is 0 Å². The van der Waals surface area contributed by atoms with E-state index in [4.69, 9.17) is 0 Å². The van der Waals surface area contributed by atoms with Crippen molar-refractivity contribution < 1.29 is 0 Å². The molecule has 0 aliphatic carbocycles. The molecule has 6 nitrogen and oxygen atoms in total. The normalized spacial score (nSPS) is 11.6. The molecule has 0 unspecified atom stereocenters. The molecule has 0 radical (unpaired) electrons. The fourth-order valence-corrected chi connectivity index (χ4v) is 8.43. The van der Waals surface area contributed by atoms with E-state index in [-0.39, 0.29) is 0 Å². The van der Waals surface area contributed by atoms with Crippen LogP contribution in [0.1, 0.15) is 0 Å². The number of rotatable bonds is 6. The fourth-order valence-electron chi connectivity index (χ4n) is 8.43. The van der Waals surface area contributed by atoms with Gasteiger partial charge in [-0.2, -0.15) is 0 Å². The van der Waals surface area contributed by atoms with Gasteiger partial charge in [-0.05, 0) is 123 Å². The standard InChI is InChI=1S/C50H32N6/c1-3-10-41(39(8-1)33-16-22-51-23-17-33)35-12-14-47-43(28-35)45-31-53-26-20-49(45)55(47)37-6-5-7-38(30-37)56-48-15-13-36(29-44(48)46-32-54-27-21-50(46)56)42-11-4-2-9-40(42)34-18-24-52-25-19-34/h1-32H. The van der Waals surface area contributed by atoms with Crippen molar-refractivity contribution in [3.8, 4) is 55.9 Å². The number of fused-ring (bicyclic) bond motifs is 6. The predicted molar refractivity (Wildman–Crippen MR) is 228 cm³/mol. The van der Waals surface area contributed by atoms with Crippen molar-refractivity contribution >= 4 is 43.6 Å². The van der Waals surface area contributed by atoms with Gasteiger partial charge in [0.1, 0.15) is 0 Å². The molecule has 0 saturated carbocycles. The molecule has 56 heavy (non-hydrogen) atoms. The minimum absolute atomic E-state index is 1.07. The zero-order valence-corrected chi connectivity index (χ0v) is 30.2. The van der Waals surface area contributed by atoms with Crippen molar-refractivity contribution in [1.82, 2.24) is 29.1 Å². The summed E-state index contributed by atoms with van der Waals surface area (Å²) in [6.45, 7) is 0. The van der Waals surface area contributed by atoms with E-state index >= 15 is 0 Å². The Balaban J connectivity index is 1.06. The lowest BCUT2D eigenvalue weighted by atomic mass is 9.94. The molecule has 5 aromatic carbocycles. The van der Waals surface area contributed by atoms with Crippen LogP contribution in [0.4, 0.5) is 0 Å². The van der Waals surface area contributed by atoms with Crippen LogP contribution in [0.2, 0.25) is 0 Å². The lowest BCUT2D eigenvalue weighted by molar-refractivity contribution is 1.13. The van der Waals surface area contributed by atoms with Gasteiger partial charge in [-0.1, -0.05) is 66.7 Å². The third-order valence-corrected chi connectivity index (χ3v) is 10.9. The Kier molecular flexibility index (Phi) is 7.38. The van der Waals surface area contributed by atoms with Crippen LogP contribution >= 0.6 is 0 Å². The number of hydrogen-bond acceptors (Lipinski definition) is 4. The van der Waals surface area contributed by atoms with Crippen LogP contribution in [0.15, 0.2) is 195 Å². The van der Waals surface area contributed by atoms with Gasteiger partial charge in [0.05, 0.1) is 22.1 Å². The second kappa shape index (κ2) is 13.0. The number of hydrogen-bond donors (Lipinski definition) is 0. The maximum atomic E-state index is 4.58. The Morgan fingerprint density at radius 3 is 1.12 bits per heavy atom. The first-order valence-corrected chi connectivity index (χ1v) is 18.7. The second-order valence-corrected chi connectivity index (χ2v) is 14.0. The molecular formula is C50H32N6. The van der Waals surface area contributed by atoms with Crippen LogP contribution in [0.25, 0.3) is 99.5 Å². The van der Waals surface area contributed by atoms with E-state index < -0.39 is 0 Å². The summed E-state index contributed by atoms with van der Waals surface area (Å²) in [6, 6.07) is 52.1. The molecule has 0 saturated heterocycles. The predicted octanol–water partition coefficient (Wildman–Crippen LogP) is 12.1. The van der Waals surface area contributed by atoms with Crippen molar-refractivity contribution in [1.29, 1.82) is 0 Å². The highest BCUT2D eigenvalue weighted by molar-refractivity contribution is 6.12. The SMILES string of the molecule is c1cc(-n2c3ccncc3c3cc(-c4ccccc4-c4ccncc4)ccc32)cc(-n2c3ccncc3c3cc(-c4ccccc4-c4ccncc4)ccc32)c1. The molecule has 0 atom stereocenters. The van der Waals surface area contributed by atoms with Crippen molar-refractivity contribution in [3.63, 3.8) is 0 Å². The van der Waals surface area contributed by atoms with Gasteiger partial charge in [0, 0.05) is 82.5 Å². The van der Waals surface area contributed by atoms with Crippen LogP contribution in [0.3, 0.4) is 0 Å². The summed E-state index contributed by atoms with van der Waals surface area (Å²) >= 11 is 0. The number of aromatic nitrogens is 6. The lowest BCUT2D eigenvalue weighted by Gasteiger charge is -2.14. The van der Waals surface area contributed by atoms with E-state index in [1.807, 2.05) is 49.6 Å². The average Bonchev–Trinajstić information content (AvgIpc) is 3.79. The molecule has 0 aliphatic heterocycles. The van der Waals surface area contributed by atoms with Crippen LogP contribution in [0, 0.1) is 0 Å². The molecule has 11 aromatic rings. The van der Waals surface area contributed by atoms with Crippen LogP contribution in [0.5, 0.6) is 0 Å². The van der Waals surface area contributed by atoms with E-state index in [1.165, 1.54) is 22.3 Å². The Labute approximate surface area is 322 Å². The average molecular weight is 717 g/mol. The molecule has 0 amide bonds. The van der Waals surface area contributed by atoms with E-state index in [1.54, 1.807) is 0 Å². The van der Waals surface area contributed by atoms with Crippen molar-refractivity contribution in [3.05, 3.63) is 195 Å². The summed E-state index contributed by atoms with van der Waals surface area (Å²) in [4.78, 5) is 17.7.